The minimum atomic E-state index is -2.46. The van der Waals surface area contributed by atoms with E-state index in [4.69, 9.17) is 11.6 Å². The fraction of sp³-hybridized carbons (Fsp3) is 0.250. The largest absolute Gasteiger partial charge is 0.759 e. The smallest absolute Gasteiger partial charge is 0.148 e. The van der Waals surface area contributed by atoms with Gasteiger partial charge < -0.3 is 4.55 Å². The molecule has 1 atom stereocenters. The highest BCUT2D eigenvalue weighted by atomic mass is 35.5. The summed E-state index contributed by atoms with van der Waals surface area (Å²) in [5.74, 6) is -0.482. The fourth-order valence-electron chi connectivity index (χ4n) is 1.63. The molecule has 0 amide bonds. The van der Waals surface area contributed by atoms with Crippen molar-refractivity contribution in [1.82, 2.24) is 4.83 Å². The van der Waals surface area contributed by atoms with E-state index in [9.17, 15) is 13.2 Å². The van der Waals surface area contributed by atoms with Gasteiger partial charge in [0.05, 0.1) is 5.69 Å². The highest BCUT2D eigenvalue weighted by molar-refractivity contribution is 7.77. The van der Waals surface area contributed by atoms with Crippen LogP contribution >= 0.6 is 11.6 Å². The second-order valence-electron chi connectivity index (χ2n) is 3.08. The van der Waals surface area contributed by atoms with Gasteiger partial charge in [-0.05, 0) is 18.6 Å². The molecule has 2 rings (SSSR count). The molecular formula is C8H7ClFN2O2S-. The SMILES string of the molecule is O=S([O-])NN1CCc2c(Cl)ccc(F)c21. The Morgan fingerprint density at radius 1 is 1.60 bits per heavy atom. The summed E-state index contributed by atoms with van der Waals surface area (Å²) < 4.78 is 34.3. The quantitative estimate of drug-likeness (QED) is 0.800. The third-order valence-corrected chi connectivity index (χ3v) is 2.94. The summed E-state index contributed by atoms with van der Waals surface area (Å²) in [5, 5.41) is 1.69. The lowest BCUT2D eigenvalue weighted by Gasteiger charge is -2.21. The van der Waals surface area contributed by atoms with Crippen molar-refractivity contribution in [2.45, 2.75) is 6.42 Å². The third-order valence-electron chi connectivity index (χ3n) is 2.22. The molecule has 1 aliphatic rings. The van der Waals surface area contributed by atoms with Gasteiger partial charge in [-0.25, -0.2) is 4.39 Å². The van der Waals surface area contributed by atoms with Gasteiger partial charge >= 0.3 is 0 Å². The number of benzene rings is 1. The first kappa shape index (κ1) is 10.8. The number of nitrogens with one attached hydrogen (secondary N) is 1. The summed E-state index contributed by atoms with van der Waals surface area (Å²) in [6, 6.07) is 2.68. The van der Waals surface area contributed by atoms with E-state index in [0.717, 1.165) is 0 Å². The molecule has 1 N–H and O–H groups in total. The van der Waals surface area contributed by atoms with Crippen LogP contribution in [0, 0.1) is 5.82 Å². The van der Waals surface area contributed by atoms with E-state index < -0.39 is 17.1 Å². The Bertz CT molecular complexity index is 429. The van der Waals surface area contributed by atoms with Crippen molar-refractivity contribution in [2.24, 2.45) is 0 Å². The summed E-state index contributed by atoms with van der Waals surface area (Å²) >= 11 is 3.41. The van der Waals surface area contributed by atoms with Crippen LogP contribution in [0.2, 0.25) is 5.02 Å². The van der Waals surface area contributed by atoms with E-state index in [2.05, 4.69) is 4.83 Å². The molecule has 1 unspecified atom stereocenters. The van der Waals surface area contributed by atoms with Gasteiger partial charge in [-0.3, -0.25) is 9.22 Å². The maximum absolute atomic E-state index is 13.4. The number of hydrogen-bond acceptors (Lipinski definition) is 3. The number of halogens is 2. The average Bonchev–Trinajstić information content (AvgIpc) is 2.56. The molecule has 1 aromatic carbocycles. The van der Waals surface area contributed by atoms with E-state index in [-0.39, 0.29) is 5.69 Å². The minimum Gasteiger partial charge on any atom is -0.759 e. The predicted octanol–water partition coefficient (Wildman–Crippen LogP) is 1.14. The summed E-state index contributed by atoms with van der Waals surface area (Å²) in [7, 11) is 0. The zero-order chi connectivity index (χ0) is 11.0. The standard InChI is InChI=1S/C8H8ClFN2O2S/c9-6-1-2-7(10)8-5(6)3-4-12(8)11-15(13)14/h1-2,11H,3-4H2,(H,13,14)/p-1. The van der Waals surface area contributed by atoms with Crippen LogP contribution in [-0.2, 0) is 17.7 Å². The van der Waals surface area contributed by atoms with Gasteiger partial charge in [-0.2, -0.15) is 4.83 Å². The fourth-order valence-corrected chi connectivity index (χ4v) is 2.24. The lowest BCUT2D eigenvalue weighted by Crippen LogP contribution is -2.38. The van der Waals surface area contributed by atoms with Crippen molar-refractivity contribution >= 4 is 28.6 Å². The summed E-state index contributed by atoms with van der Waals surface area (Å²) in [6.07, 6.45) is 0.524. The molecule has 7 heteroatoms. The molecular weight excluding hydrogens is 243 g/mol. The van der Waals surface area contributed by atoms with Gasteiger partial charge in [0.1, 0.15) is 5.82 Å². The second kappa shape index (κ2) is 4.05. The molecule has 0 radical (unpaired) electrons. The van der Waals surface area contributed by atoms with Crippen LogP contribution in [0.3, 0.4) is 0 Å². The Kier molecular flexibility index (Phi) is 2.92. The lowest BCUT2D eigenvalue weighted by molar-refractivity contribution is 0.518. The minimum absolute atomic E-state index is 0.215. The molecule has 1 aliphatic heterocycles. The van der Waals surface area contributed by atoms with E-state index in [1.807, 2.05) is 0 Å². The summed E-state index contributed by atoms with van der Waals surface area (Å²) in [4.78, 5) is 2.12. The monoisotopic (exact) mass is 249 g/mol. The molecule has 82 valence electrons. The topological polar surface area (TPSA) is 55.4 Å². The van der Waals surface area contributed by atoms with Crippen LogP contribution in [0.4, 0.5) is 10.1 Å². The number of fused-ring (bicyclic) bond motifs is 1. The average molecular weight is 250 g/mol. The van der Waals surface area contributed by atoms with Crippen molar-refractivity contribution in [2.75, 3.05) is 11.6 Å². The molecule has 1 aromatic rings. The first-order valence-electron chi connectivity index (χ1n) is 4.19. The Morgan fingerprint density at radius 3 is 3.00 bits per heavy atom. The Morgan fingerprint density at radius 2 is 2.33 bits per heavy atom. The zero-order valence-corrected chi connectivity index (χ0v) is 9.07. The van der Waals surface area contributed by atoms with Crippen LogP contribution in [0.25, 0.3) is 0 Å². The van der Waals surface area contributed by atoms with Crippen LogP contribution in [0.1, 0.15) is 5.56 Å². The van der Waals surface area contributed by atoms with Gasteiger partial charge in [-0.1, -0.05) is 11.6 Å². The molecule has 0 saturated carbocycles. The van der Waals surface area contributed by atoms with E-state index in [1.165, 1.54) is 17.1 Å². The van der Waals surface area contributed by atoms with Crippen molar-refractivity contribution in [1.29, 1.82) is 0 Å². The van der Waals surface area contributed by atoms with Gasteiger partial charge in [-0.15, -0.1) is 0 Å². The molecule has 0 bridgehead atoms. The zero-order valence-electron chi connectivity index (χ0n) is 7.50. The summed E-state index contributed by atoms with van der Waals surface area (Å²) in [5.41, 5.74) is 0.848. The lowest BCUT2D eigenvalue weighted by atomic mass is 10.1. The summed E-state index contributed by atoms with van der Waals surface area (Å²) in [6.45, 7) is 0.379. The normalized spacial score (nSPS) is 16.6. The molecule has 0 fully saturated rings. The van der Waals surface area contributed by atoms with Crippen LogP contribution < -0.4 is 9.84 Å². The van der Waals surface area contributed by atoms with Crippen LogP contribution in [0.15, 0.2) is 12.1 Å². The first-order valence-corrected chi connectivity index (χ1v) is 5.65. The van der Waals surface area contributed by atoms with Crippen molar-refractivity contribution in [3.05, 3.63) is 28.5 Å². The number of hydrazine groups is 1. The van der Waals surface area contributed by atoms with Crippen molar-refractivity contribution in [3.8, 4) is 0 Å². The molecule has 0 aromatic heterocycles. The van der Waals surface area contributed by atoms with Gasteiger partial charge in [0.25, 0.3) is 0 Å². The number of nitrogens with zero attached hydrogens (tertiary/aromatic N) is 1. The van der Waals surface area contributed by atoms with E-state index in [1.54, 1.807) is 0 Å². The Labute approximate surface area is 93.4 Å². The molecule has 15 heavy (non-hydrogen) atoms. The maximum Gasteiger partial charge on any atom is 0.148 e. The molecule has 0 aliphatic carbocycles. The Hall–Kier alpha value is -0.690. The Balaban J connectivity index is 2.41. The van der Waals surface area contributed by atoms with Gasteiger partial charge in [0.15, 0.2) is 0 Å². The van der Waals surface area contributed by atoms with E-state index >= 15 is 0 Å². The molecule has 0 spiro atoms. The maximum atomic E-state index is 13.4. The predicted molar refractivity (Wildman–Crippen MR) is 54.5 cm³/mol. The van der Waals surface area contributed by atoms with E-state index in [0.29, 0.717) is 23.6 Å². The highest BCUT2D eigenvalue weighted by Gasteiger charge is 2.25. The first-order chi connectivity index (χ1) is 7.09. The van der Waals surface area contributed by atoms with Gasteiger partial charge in [0.2, 0.25) is 0 Å². The second-order valence-corrected chi connectivity index (χ2v) is 4.14. The van der Waals surface area contributed by atoms with Crippen molar-refractivity contribution in [3.63, 3.8) is 0 Å². The molecule has 1 heterocycles. The van der Waals surface area contributed by atoms with Crippen molar-refractivity contribution < 1.29 is 13.2 Å². The molecule has 0 saturated heterocycles. The highest BCUT2D eigenvalue weighted by Crippen LogP contribution is 2.34. The van der Waals surface area contributed by atoms with Crippen LogP contribution in [-0.4, -0.2) is 15.3 Å². The van der Waals surface area contributed by atoms with Gasteiger partial charge in [0, 0.05) is 28.4 Å². The molecule has 4 nitrogen and oxygen atoms in total. The number of anilines is 1. The third kappa shape index (κ3) is 1.98. The van der Waals surface area contributed by atoms with Crippen LogP contribution in [0.5, 0.6) is 0 Å². The number of hydrogen-bond donors (Lipinski definition) is 1. The number of rotatable bonds is 2.